The lowest BCUT2D eigenvalue weighted by molar-refractivity contribution is 0.101. The fraction of sp³-hybridized carbons (Fsp3) is 0.273. The Hall–Kier alpha value is -3.36. The first-order chi connectivity index (χ1) is 14.7. The minimum Gasteiger partial charge on any atom is -0.396 e. The van der Waals surface area contributed by atoms with Crippen LogP contribution in [0.2, 0.25) is 0 Å². The van der Waals surface area contributed by atoms with Crippen LogP contribution in [-0.4, -0.2) is 16.9 Å². The molecule has 162 valence electrons. The largest absolute Gasteiger partial charge is 0.396 e. The zero-order chi connectivity index (χ0) is 22.4. The predicted octanol–water partition coefficient (Wildman–Crippen LogP) is 4.33. The van der Waals surface area contributed by atoms with Crippen molar-refractivity contribution in [3.05, 3.63) is 69.0 Å². The van der Waals surface area contributed by atoms with Gasteiger partial charge in [-0.05, 0) is 37.8 Å². The number of nitrogen functional groups attached to an aromatic ring is 1. The fourth-order valence-corrected chi connectivity index (χ4v) is 3.66. The average Bonchev–Trinajstić information content (AvgIpc) is 3.55. The summed E-state index contributed by atoms with van der Waals surface area (Å²) in [5, 5.41) is 2.20. The zero-order valence-corrected chi connectivity index (χ0v) is 16.6. The molecular formula is C22H19F4N3O2. The molecule has 3 N–H and O–H groups in total. The van der Waals surface area contributed by atoms with Gasteiger partial charge in [-0.1, -0.05) is 6.07 Å². The van der Waals surface area contributed by atoms with Crippen LogP contribution in [0.25, 0.3) is 10.9 Å². The topological polar surface area (TPSA) is 77.1 Å². The summed E-state index contributed by atoms with van der Waals surface area (Å²) in [5.41, 5.74) is 3.75. The van der Waals surface area contributed by atoms with Crippen molar-refractivity contribution in [1.29, 1.82) is 0 Å². The molecule has 0 spiro atoms. The molecule has 0 atom stereocenters. The van der Waals surface area contributed by atoms with Crippen LogP contribution in [0.4, 0.5) is 28.9 Å². The van der Waals surface area contributed by atoms with Crippen molar-refractivity contribution in [2.75, 3.05) is 17.6 Å². The summed E-state index contributed by atoms with van der Waals surface area (Å²) in [7, 11) is 0. The van der Waals surface area contributed by atoms with Crippen LogP contribution in [-0.2, 0) is 6.42 Å². The summed E-state index contributed by atoms with van der Waals surface area (Å²) < 4.78 is 58.6. The lowest BCUT2D eigenvalue weighted by Gasteiger charge is -2.18. The van der Waals surface area contributed by atoms with E-state index in [1.54, 1.807) is 0 Å². The van der Waals surface area contributed by atoms with Gasteiger partial charge in [0.15, 0.2) is 17.4 Å². The number of fused-ring (bicyclic) bond motifs is 1. The van der Waals surface area contributed by atoms with E-state index in [1.165, 1.54) is 23.8 Å². The van der Waals surface area contributed by atoms with Crippen molar-refractivity contribution in [3.63, 3.8) is 0 Å². The fourth-order valence-electron chi connectivity index (χ4n) is 3.66. The van der Waals surface area contributed by atoms with Gasteiger partial charge in [0.05, 0.1) is 22.2 Å². The Morgan fingerprint density at radius 2 is 1.90 bits per heavy atom. The number of rotatable bonds is 6. The quantitative estimate of drug-likeness (QED) is 0.345. The highest BCUT2D eigenvalue weighted by molar-refractivity contribution is 6.01. The third-order valence-corrected chi connectivity index (χ3v) is 5.42. The van der Waals surface area contributed by atoms with Gasteiger partial charge in [-0.15, -0.1) is 0 Å². The van der Waals surface area contributed by atoms with Gasteiger partial charge in [-0.3, -0.25) is 9.59 Å². The molecule has 0 aliphatic heterocycles. The van der Waals surface area contributed by atoms with Crippen molar-refractivity contribution in [2.24, 2.45) is 0 Å². The van der Waals surface area contributed by atoms with E-state index in [-0.39, 0.29) is 41.0 Å². The average molecular weight is 433 g/mol. The van der Waals surface area contributed by atoms with Crippen LogP contribution < -0.4 is 16.5 Å². The number of nitrogens with one attached hydrogen (secondary N) is 1. The van der Waals surface area contributed by atoms with Crippen LogP contribution in [0.5, 0.6) is 0 Å². The minimum atomic E-state index is -1.16. The van der Waals surface area contributed by atoms with Gasteiger partial charge in [0, 0.05) is 24.8 Å². The van der Waals surface area contributed by atoms with E-state index in [2.05, 4.69) is 5.32 Å². The molecule has 4 rings (SSSR count). The number of halogens is 4. The van der Waals surface area contributed by atoms with Gasteiger partial charge in [-0.25, -0.2) is 17.6 Å². The van der Waals surface area contributed by atoms with Crippen LogP contribution in [0.15, 0.2) is 29.2 Å². The molecule has 0 unspecified atom stereocenters. The van der Waals surface area contributed by atoms with E-state index < -0.39 is 45.9 Å². The van der Waals surface area contributed by atoms with Crippen molar-refractivity contribution in [1.82, 2.24) is 4.57 Å². The third kappa shape index (κ3) is 3.64. The number of anilines is 2. The Morgan fingerprint density at radius 1 is 1.19 bits per heavy atom. The summed E-state index contributed by atoms with van der Waals surface area (Å²) in [6.07, 6.45) is 2.77. The summed E-state index contributed by atoms with van der Waals surface area (Å²) in [6.45, 7) is 1.13. The normalized spacial score (nSPS) is 13.6. The van der Waals surface area contributed by atoms with Crippen molar-refractivity contribution < 1.29 is 22.4 Å². The van der Waals surface area contributed by atoms with E-state index in [9.17, 15) is 22.8 Å². The molecule has 0 amide bonds. The Labute approximate surface area is 174 Å². The number of nitrogens with two attached hydrogens (primary N) is 1. The van der Waals surface area contributed by atoms with E-state index in [1.807, 2.05) is 0 Å². The molecule has 31 heavy (non-hydrogen) atoms. The molecule has 0 bridgehead atoms. The van der Waals surface area contributed by atoms with Gasteiger partial charge in [-0.2, -0.15) is 0 Å². The van der Waals surface area contributed by atoms with Crippen LogP contribution in [0.1, 0.15) is 41.7 Å². The number of ketones is 1. The van der Waals surface area contributed by atoms with Crippen molar-refractivity contribution >= 4 is 28.1 Å². The Bertz CT molecular complexity index is 1280. The smallest absolute Gasteiger partial charge is 0.202 e. The highest BCUT2D eigenvalue weighted by Gasteiger charge is 2.31. The predicted molar refractivity (Wildman–Crippen MR) is 109 cm³/mol. The van der Waals surface area contributed by atoms with Gasteiger partial charge >= 0.3 is 0 Å². The first-order valence-corrected chi connectivity index (χ1v) is 9.74. The molecule has 1 aromatic heterocycles. The number of hydrogen-bond acceptors (Lipinski definition) is 4. The number of aromatic nitrogens is 1. The van der Waals surface area contributed by atoms with Crippen LogP contribution >= 0.6 is 0 Å². The minimum absolute atomic E-state index is 0.0294. The highest BCUT2D eigenvalue weighted by Crippen LogP contribution is 2.40. The molecule has 5 nitrogen and oxygen atoms in total. The summed E-state index contributed by atoms with van der Waals surface area (Å²) in [5.74, 6) is -4.19. The van der Waals surface area contributed by atoms with Crippen molar-refractivity contribution in [2.45, 2.75) is 32.2 Å². The van der Waals surface area contributed by atoms with E-state index >= 15 is 4.39 Å². The molecule has 1 fully saturated rings. The lowest BCUT2D eigenvalue weighted by Crippen LogP contribution is -2.21. The summed E-state index contributed by atoms with van der Waals surface area (Å²) >= 11 is 0. The Morgan fingerprint density at radius 3 is 2.52 bits per heavy atom. The zero-order valence-electron chi connectivity index (χ0n) is 16.6. The maximum atomic E-state index is 15.4. The number of carbonyl (C=O) groups is 1. The Kier molecular flexibility index (Phi) is 5.20. The first kappa shape index (κ1) is 20.9. The van der Waals surface area contributed by atoms with Gasteiger partial charge < -0.3 is 15.6 Å². The number of benzene rings is 2. The lowest BCUT2D eigenvalue weighted by atomic mass is 10.0. The van der Waals surface area contributed by atoms with E-state index in [0.29, 0.717) is 0 Å². The Balaban J connectivity index is 1.78. The maximum absolute atomic E-state index is 15.4. The summed E-state index contributed by atoms with van der Waals surface area (Å²) in [6, 6.07) is 2.95. The molecular weight excluding hydrogens is 414 g/mol. The molecule has 3 aromatic rings. The molecule has 1 heterocycles. The number of hydrogen-bond donors (Lipinski definition) is 2. The highest BCUT2D eigenvalue weighted by atomic mass is 19.1. The SMILES string of the molecule is CC(=O)c1cn(C2CC2)c2c(F)c(NCCc3ccc(F)cc3F)c(F)c(N)c2c1=O. The van der Waals surface area contributed by atoms with E-state index in [0.717, 1.165) is 25.0 Å². The van der Waals surface area contributed by atoms with Gasteiger partial charge in [0.1, 0.15) is 17.3 Å². The standard InChI is InChI=1S/C22H19F4N3O2/c1-10(30)14-9-29(13-4-5-13)21-16(22(14)31)19(27)17(25)20(18(21)26)28-7-6-11-2-3-12(23)8-15(11)24/h2-3,8-9,13,28H,4-7,27H2,1H3. The number of carbonyl (C=O) groups excluding carboxylic acids is 1. The molecule has 9 heteroatoms. The molecule has 0 saturated heterocycles. The van der Waals surface area contributed by atoms with Gasteiger partial charge in [0.25, 0.3) is 0 Å². The third-order valence-electron chi connectivity index (χ3n) is 5.42. The maximum Gasteiger partial charge on any atom is 0.202 e. The number of pyridine rings is 1. The molecule has 1 aliphatic rings. The summed E-state index contributed by atoms with van der Waals surface area (Å²) in [4.78, 5) is 24.6. The van der Waals surface area contributed by atoms with Gasteiger partial charge in [0.2, 0.25) is 5.43 Å². The molecule has 1 saturated carbocycles. The van der Waals surface area contributed by atoms with E-state index in [4.69, 9.17) is 5.73 Å². The number of Topliss-reactive ketones (excluding diaryl/α,β-unsaturated/α-hetero) is 1. The van der Waals surface area contributed by atoms with Crippen molar-refractivity contribution in [3.8, 4) is 0 Å². The molecule has 2 aromatic carbocycles. The van der Waals surface area contributed by atoms with Crippen LogP contribution in [0.3, 0.4) is 0 Å². The second-order valence-electron chi connectivity index (χ2n) is 7.62. The number of nitrogens with zero attached hydrogens (tertiary/aromatic N) is 1. The first-order valence-electron chi connectivity index (χ1n) is 9.74. The monoisotopic (exact) mass is 433 g/mol. The van der Waals surface area contributed by atoms with Crippen LogP contribution in [0, 0.1) is 23.3 Å². The molecule has 1 aliphatic carbocycles. The molecule has 0 radical (unpaired) electrons. The second-order valence-corrected chi connectivity index (χ2v) is 7.62. The second kappa shape index (κ2) is 7.72.